The number of nitrogens with zero attached hydrogens (tertiary/aromatic N) is 5. The number of halogens is 1. The number of para-hydroxylation sites is 1. The Morgan fingerprint density at radius 2 is 1.62 bits per heavy atom. The van der Waals surface area contributed by atoms with Crippen molar-refractivity contribution in [1.29, 1.82) is 0 Å². The summed E-state index contributed by atoms with van der Waals surface area (Å²) in [7, 11) is 2.22. The molecule has 1 N–H and O–H groups in total. The molecule has 0 saturated carbocycles. The van der Waals surface area contributed by atoms with Gasteiger partial charge in [0.1, 0.15) is 0 Å². The Hall–Kier alpha value is -1.06. The average molecular weight is 515 g/mol. The standard InChI is InChI=1S/C22H38N6.HI/c1-3-23-22(24-11-7-8-12-26-15-13-25(2)14-16-26)28-19-17-27(18-20-28)21-9-5-4-6-10-21;/h4-6,9-10H,3,7-8,11-20H2,1-2H3,(H,23,24);1H. The van der Waals surface area contributed by atoms with E-state index in [1.54, 1.807) is 0 Å². The van der Waals surface area contributed by atoms with Crippen molar-refractivity contribution in [2.24, 2.45) is 4.99 Å². The number of likely N-dealkylation sites (N-methyl/N-ethyl adjacent to an activating group) is 1. The van der Waals surface area contributed by atoms with E-state index in [-0.39, 0.29) is 24.0 Å². The summed E-state index contributed by atoms with van der Waals surface area (Å²) in [6.07, 6.45) is 2.42. The van der Waals surface area contributed by atoms with Crippen LogP contribution in [0.4, 0.5) is 5.69 Å². The zero-order valence-electron chi connectivity index (χ0n) is 18.2. The Kier molecular flexibility index (Phi) is 11.1. The third-order valence-electron chi connectivity index (χ3n) is 5.78. The lowest BCUT2D eigenvalue weighted by Gasteiger charge is -2.37. The first-order valence-electron chi connectivity index (χ1n) is 11.0. The second kappa shape index (κ2) is 13.3. The van der Waals surface area contributed by atoms with Crippen LogP contribution in [0.3, 0.4) is 0 Å². The van der Waals surface area contributed by atoms with Gasteiger partial charge in [0.25, 0.3) is 0 Å². The van der Waals surface area contributed by atoms with Crippen LogP contribution in [0.5, 0.6) is 0 Å². The van der Waals surface area contributed by atoms with Crippen molar-refractivity contribution in [1.82, 2.24) is 20.0 Å². The predicted molar refractivity (Wildman–Crippen MR) is 135 cm³/mol. The average Bonchev–Trinajstić information content (AvgIpc) is 2.75. The van der Waals surface area contributed by atoms with Crippen LogP contribution in [0.25, 0.3) is 0 Å². The lowest BCUT2D eigenvalue weighted by atomic mass is 10.2. The fourth-order valence-corrected chi connectivity index (χ4v) is 3.94. The molecule has 6 nitrogen and oxygen atoms in total. The van der Waals surface area contributed by atoms with Crippen LogP contribution in [0.2, 0.25) is 0 Å². The first-order valence-corrected chi connectivity index (χ1v) is 11.0. The van der Waals surface area contributed by atoms with E-state index >= 15 is 0 Å². The third kappa shape index (κ3) is 7.94. The van der Waals surface area contributed by atoms with Gasteiger partial charge in [-0.2, -0.15) is 0 Å². The van der Waals surface area contributed by atoms with Gasteiger partial charge in [-0.25, -0.2) is 0 Å². The molecule has 29 heavy (non-hydrogen) atoms. The number of guanidine groups is 1. The molecule has 0 aliphatic carbocycles. The lowest BCUT2D eigenvalue weighted by molar-refractivity contribution is 0.152. The highest BCUT2D eigenvalue weighted by Crippen LogP contribution is 2.15. The van der Waals surface area contributed by atoms with Crippen molar-refractivity contribution in [3.8, 4) is 0 Å². The van der Waals surface area contributed by atoms with Crippen LogP contribution in [0.1, 0.15) is 19.8 Å². The van der Waals surface area contributed by atoms with Gasteiger partial charge in [-0.05, 0) is 45.5 Å². The summed E-state index contributed by atoms with van der Waals surface area (Å²) in [6, 6.07) is 10.7. The number of hydrogen-bond donors (Lipinski definition) is 1. The Bertz CT molecular complexity index is 580. The molecule has 2 fully saturated rings. The smallest absolute Gasteiger partial charge is 0.194 e. The van der Waals surface area contributed by atoms with Gasteiger partial charge in [0.2, 0.25) is 0 Å². The third-order valence-corrected chi connectivity index (χ3v) is 5.78. The number of aliphatic imine (C=N–C) groups is 1. The molecule has 0 atom stereocenters. The maximum atomic E-state index is 4.92. The van der Waals surface area contributed by atoms with Crippen LogP contribution in [-0.2, 0) is 0 Å². The van der Waals surface area contributed by atoms with E-state index in [0.717, 1.165) is 45.2 Å². The van der Waals surface area contributed by atoms with Gasteiger partial charge in [-0.3, -0.25) is 4.99 Å². The molecule has 0 radical (unpaired) electrons. The summed E-state index contributed by atoms with van der Waals surface area (Å²) >= 11 is 0. The van der Waals surface area contributed by atoms with E-state index in [2.05, 4.69) is 69.2 Å². The zero-order valence-corrected chi connectivity index (χ0v) is 20.6. The van der Waals surface area contributed by atoms with Gasteiger partial charge in [0.05, 0.1) is 0 Å². The number of hydrogen-bond acceptors (Lipinski definition) is 4. The molecule has 0 aromatic heterocycles. The Balaban J connectivity index is 0.00000300. The maximum Gasteiger partial charge on any atom is 0.194 e. The highest BCUT2D eigenvalue weighted by Gasteiger charge is 2.19. The van der Waals surface area contributed by atoms with Gasteiger partial charge in [0, 0.05) is 71.1 Å². The van der Waals surface area contributed by atoms with Crippen molar-refractivity contribution in [2.75, 3.05) is 83.9 Å². The molecule has 164 valence electrons. The van der Waals surface area contributed by atoms with E-state index in [4.69, 9.17) is 4.99 Å². The van der Waals surface area contributed by atoms with Crippen molar-refractivity contribution in [2.45, 2.75) is 19.8 Å². The van der Waals surface area contributed by atoms with Crippen molar-refractivity contribution in [3.63, 3.8) is 0 Å². The zero-order chi connectivity index (χ0) is 19.6. The Morgan fingerprint density at radius 3 is 2.28 bits per heavy atom. The van der Waals surface area contributed by atoms with E-state index in [0.29, 0.717) is 0 Å². The van der Waals surface area contributed by atoms with Gasteiger partial charge in [-0.1, -0.05) is 18.2 Å². The molecule has 7 heteroatoms. The van der Waals surface area contributed by atoms with E-state index < -0.39 is 0 Å². The molecule has 3 rings (SSSR count). The SMILES string of the molecule is CCNC(=NCCCCN1CCN(C)CC1)N1CCN(c2ccccc2)CC1.I. The van der Waals surface area contributed by atoms with Crippen molar-refractivity contribution < 1.29 is 0 Å². The van der Waals surface area contributed by atoms with Gasteiger partial charge in [-0.15, -0.1) is 24.0 Å². The minimum atomic E-state index is 0. The lowest BCUT2D eigenvalue weighted by Crippen LogP contribution is -2.52. The predicted octanol–water partition coefficient (Wildman–Crippen LogP) is 2.42. The van der Waals surface area contributed by atoms with Gasteiger partial charge >= 0.3 is 0 Å². The fraction of sp³-hybridized carbons (Fsp3) is 0.682. The topological polar surface area (TPSA) is 37.4 Å². The number of nitrogens with one attached hydrogen (secondary N) is 1. The van der Waals surface area contributed by atoms with E-state index in [9.17, 15) is 0 Å². The van der Waals surface area contributed by atoms with Crippen LogP contribution >= 0.6 is 24.0 Å². The molecule has 2 saturated heterocycles. The largest absolute Gasteiger partial charge is 0.368 e. The monoisotopic (exact) mass is 514 g/mol. The molecule has 2 heterocycles. The number of piperazine rings is 2. The minimum absolute atomic E-state index is 0. The molecule has 1 aromatic rings. The second-order valence-corrected chi connectivity index (χ2v) is 7.90. The molecule has 0 bridgehead atoms. The first-order chi connectivity index (χ1) is 13.8. The van der Waals surface area contributed by atoms with Crippen molar-refractivity contribution >= 4 is 35.6 Å². The van der Waals surface area contributed by atoms with Crippen molar-refractivity contribution in [3.05, 3.63) is 30.3 Å². The first kappa shape index (κ1) is 24.2. The summed E-state index contributed by atoms with van der Waals surface area (Å²) in [5.74, 6) is 1.09. The van der Waals surface area contributed by atoms with E-state index in [1.807, 2.05) is 0 Å². The number of rotatable bonds is 7. The van der Waals surface area contributed by atoms with Crippen LogP contribution < -0.4 is 10.2 Å². The highest BCUT2D eigenvalue weighted by molar-refractivity contribution is 14.0. The summed E-state index contributed by atoms with van der Waals surface area (Å²) in [4.78, 5) is 14.8. The molecule has 0 unspecified atom stereocenters. The molecule has 1 aromatic carbocycles. The highest BCUT2D eigenvalue weighted by atomic mass is 127. The normalized spacial score (nSPS) is 19.2. The molecule has 0 spiro atoms. The summed E-state index contributed by atoms with van der Waals surface area (Å²) in [6.45, 7) is 14.2. The fourth-order valence-electron chi connectivity index (χ4n) is 3.94. The van der Waals surface area contributed by atoms with Crippen LogP contribution in [0, 0.1) is 0 Å². The maximum absolute atomic E-state index is 4.92. The molecule has 2 aliphatic heterocycles. The Labute approximate surface area is 194 Å². The van der Waals surface area contributed by atoms with Crippen LogP contribution in [0.15, 0.2) is 35.3 Å². The molecular formula is C22H39IN6. The molecular weight excluding hydrogens is 475 g/mol. The summed E-state index contributed by atoms with van der Waals surface area (Å²) < 4.78 is 0. The Morgan fingerprint density at radius 1 is 0.931 bits per heavy atom. The van der Waals surface area contributed by atoms with Gasteiger partial charge in [0.15, 0.2) is 5.96 Å². The summed E-state index contributed by atoms with van der Waals surface area (Å²) in [5.41, 5.74) is 1.33. The molecule has 2 aliphatic rings. The second-order valence-electron chi connectivity index (χ2n) is 7.90. The summed E-state index contributed by atoms with van der Waals surface area (Å²) in [5, 5.41) is 3.49. The van der Waals surface area contributed by atoms with E-state index in [1.165, 1.54) is 51.3 Å². The number of unbranched alkanes of at least 4 members (excludes halogenated alkanes) is 1. The quantitative estimate of drug-likeness (QED) is 0.262. The van der Waals surface area contributed by atoms with Gasteiger partial charge < -0.3 is 24.9 Å². The minimum Gasteiger partial charge on any atom is -0.368 e. The van der Waals surface area contributed by atoms with Crippen LogP contribution in [-0.4, -0.2) is 99.7 Å². The number of benzene rings is 1. The molecule has 0 amide bonds. The number of anilines is 1.